The molecule has 3 rings (SSSR count). The van der Waals surface area contributed by atoms with Crippen molar-refractivity contribution >= 4 is 17.6 Å². The molecule has 6 nitrogen and oxygen atoms in total. The lowest BCUT2D eigenvalue weighted by Crippen LogP contribution is -2.44. The number of nitrogens with zero attached hydrogens (tertiary/aromatic N) is 1. The van der Waals surface area contributed by atoms with Crippen LogP contribution in [0.15, 0.2) is 24.3 Å². The number of rotatable bonds is 5. The Morgan fingerprint density at radius 2 is 1.86 bits per heavy atom. The first-order valence-electron chi connectivity index (χ1n) is 9.73. The van der Waals surface area contributed by atoms with Crippen molar-refractivity contribution in [2.75, 3.05) is 19.6 Å². The van der Waals surface area contributed by atoms with Gasteiger partial charge in [-0.3, -0.25) is 19.3 Å². The van der Waals surface area contributed by atoms with Crippen LogP contribution in [0.1, 0.15) is 48.0 Å². The fourth-order valence-corrected chi connectivity index (χ4v) is 3.90. The highest BCUT2D eigenvalue weighted by Crippen LogP contribution is 2.29. The van der Waals surface area contributed by atoms with Crippen LogP contribution in [0.25, 0.3) is 0 Å². The summed E-state index contributed by atoms with van der Waals surface area (Å²) < 4.78 is 38.2. The molecule has 2 N–H and O–H groups in total. The molecule has 1 atom stereocenters. The molecule has 0 spiro atoms. The van der Waals surface area contributed by atoms with Gasteiger partial charge >= 0.3 is 6.18 Å². The minimum absolute atomic E-state index is 0.0365. The SMILES string of the molecule is O=C1CCC(N2CC[C@@H](NC(=O)CNC(=O)c3cccc(C(F)(F)F)c3)C2)CC1. The summed E-state index contributed by atoms with van der Waals surface area (Å²) in [5.74, 6) is -0.802. The molecular weight excluding hydrogens is 387 g/mol. The van der Waals surface area contributed by atoms with Crippen LogP contribution in [0.4, 0.5) is 13.2 Å². The van der Waals surface area contributed by atoms with E-state index in [1.54, 1.807) is 0 Å². The number of carbonyl (C=O) groups excluding carboxylic acids is 3. The number of carbonyl (C=O) groups is 3. The summed E-state index contributed by atoms with van der Waals surface area (Å²) in [7, 11) is 0. The van der Waals surface area contributed by atoms with Gasteiger partial charge in [0.05, 0.1) is 12.1 Å². The monoisotopic (exact) mass is 411 g/mol. The number of likely N-dealkylation sites (tertiary alicyclic amines) is 1. The maximum Gasteiger partial charge on any atom is 0.416 e. The summed E-state index contributed by atoms with van der Waals surface area (Å²) in [6, 6.07) is 4.41. The zero-order valence-electron chi connectivity index (χ0n) is 15.9. The molecule has 1 aliphatic carbocycles. The van der Waals surface area contributed by atoms with E-state index in [0.717, 1.165) is 44.0 Å². The number of halogens is 3. The Morgan fingerprint density at radius 3 is 2.55 bits per heavy atom. The van der Waals surface area contributed by atoms with Crippen molar-refractivity contribution in [1.29, 1.82) is 0 Å². The second kappa shape index (κ2) is 8.94. The lowest BCUT2D eigenvalue weighted by molar-refractivity contribution is -0.137. The Morgan fingerprint density at radius 1 is 1.14 bits per heavy atom. The Bertz CT molecular complexity index is 772. The van der Waals surface area contributed by atoms with E-state index in [-0.39, 0.29) is 24.1 Å². The number of amides is 2. The van der Waals surface area contributed by atoms with Gasteiger partial charge in [0.1, 0.15) is 5.78 Å². The summed E-state index contributed by atoms with van der Waals surface area (Å²) in [6.07, 6.45) is -0.815. The fraction of sp³-hybridized carbons (Fsp3) is 0.550. The van der Waals surface area contributed by atoms with Crippen molar-refractivity contribution in [3.63, 3.8) is 0 Å². The predicted octanol–water partition coefficient (Wildman–Crippen LogP) is 2.14. The van der Waals surface area contributed by atoms with Gasteiger partial charge in [0, 0.05) is 43.6 Å². The van der Waals surface area contributed by atoms with Crippen LogP contribution in [0.3, 0.4) is 0 Å². The number of hydrogen-bond donors (Lipinski definition) is 2. The zero-order chi connectivity index (χ0) is 21.0. The minimum atomic E-state index is -4.53. The van der Waals surface area contributed by atoms with E-state index in [4.69, 9.17) is 0 Å². The van der Waals surface area contributed by atoms with Crippen molar-refractivity contribution in [2.45, 2.75) is 50.4 Å². The maximum atomic E-state index is 12.7. The summed E-state index contributed by atoms with van der Waals surface area (Å²) in [4.78, 5) is 37.8. The number of nitrogens with one attached hydrogen (secondary N) is 2. The van der Waals surface area contributed by atoms with Crippen LogP contribution in [0.2, 0.25) is 0 Å². The minimum Gasteiger partial charge on any atom is -0.350 e. The molecule has 158 valence electrons. The molecule has 1 aliphatic heterocycles. The molecule has 1 saturated heterocycles. The number of benzene rings is 1. The van der Waals surface area contributed by atoms with E-state index < -0.39 is 17.6 Å². The predicted molar refractivity (Wildman–Crippen MR) is 99.2 cm³/mol. The Balaban J connectivity index is 1.43. The van der Waals surface area contributed by atoms with E-state index in [2.05, 4.69) is 15.5 Å². The molecule has 0 bridgehead atoms. The van der Waals surface area contributed by atoms with Crippen LogP contribution >= 0.6 is 0 Å². The average Bonchev–Trinajstić information content (AvgIpc) is 3.14. The largest absolute Gasteiger partial charge is 0.416 e. The fourth-order valence-electron chi connectivity index (χ4n) is 3.90. The third-order valence-corrected chi connectivity index (χ3v) is 5.48. The number of ketones is 1. The van der Waals surface area contributed by atoms with Crippen LogP contribution in [-0.4, -0.2) is 54.2 Å². The topological polar surface area (TPSA) is 78.5 Å². The van der Waals surface area contributed by atoms with Crippen LogP contribution in [-0.2, 0) is 15.8 Å². The Kier molecular flexibility index (Phi) is 6.56. The first kappa shape index (κ1) is 21.3. The van der Waals surface area contributed by atoms with E-state index in [0.29, 0.717) is 31.2 Å². The van der Waals surface area contributed by atoms with E-state index in [1.807, 2.05) is 0 Å². The quantitative estimate of drug-likeness (QED) is 0.778. The Labute approximate surface area is 166 Å². The van der Waals surface area contributed by atoms with Gasteiger partial charge < -0.3 is 10.6 Å². The molecule has 1 saturated carbocycles. The molecule has 1 aromatic carbocycles. The van der Waals surface area contributed by atoms with E-state index in [1.165, 1.54) is 6.07 Å². The van der Waals surface area contributed by atoms with Gasteiger partial charge in [0.15, 0.2) is 0 Å². The molecule has 29 heavy (non-hydrogen) atoms. The highest BCUT2D eigenvalue weighted by molar-refractivity contribution is 5.96. The van der Waals surface area contributed by atoms with Crippen LogP contribution in [0, 0.1) is 0 Å². The molecule has 2 amide bonds. The summed E-state index contributed by atoms with van der Waals surface area (Å²) in [5, 5.41) is 5.22. The van der Waals surface area contributed by atoms with Crippen molar-refractivity contribution < 1.29 is 27.6 Å². The molecule has 1 heterocycles. The highest BCUT2D eigenvalue weighted by Gasteiger charge is 2.32. The van der Waals surface area contributed by atoms with Gasteiger partial charge in [0.2, 0.25) is 5.91 Å². The average molecular weight is 411 g/mol. The molecule has 9 heteroatoms. The summed E-state index contributed by atoms with van der Waals surface area (Å²) in [6.45, 7) is 1.25. The lowest BCUT2D eigenvalue weighted by Gasteiger charge is -2.30. The zero-order valence-corrected chi connectivity index (χ0v) is 15.9. The van der Waals surface area contributed by atoms with Crippen molar-refractivity contribution in [1.82, 2.24) is 15.5 Å². The number of alkyl halides is 3. The van der Waals surface area contributed by atoms with E-state index in [9.17, 15) is 27.6 Å². The number of Topliss-reactive ketones (excluding diaryl/α,β-unsaturated/α-hetero) is 1. The molecule has 2 fully saturated rings. The first-order chi connectivity index (χ1) is 13.7. The van der Waals surface area contributed by atoms with Gasteiger partial charge in [-0.15, -0.1) is 0 Å². The molecule has 2 aliphatic rings. The van der Waals surface area contributed by atoms with Gasteiger partial charge in [-0.1, -0.05) is 6.07 Å². The number of hydrogen-bond acceptors (Lipinski definition) is 4. The smallest absolute Gasteiger partial charge is 0.350 e. The second-order valence-electron chi connectivity index (χ2n) is 7.58. The molecule has 0 aromatic heterocycles. The third-order valence-electron chi connectivity index (χ3n) is 5.48. The van der Waals surface area contributed by atoms with Crippen LogP contribution < -0.4 is 10.6 Å². The van der Waals surface area contributed by atoms with Gasteiger partial charge in [-0.05, 0) is 37.5 Å². The maximum absolute atomic E-state index is 12.7. The van der Waals surface area contributed by atoms with Crippen molar-refractivity contribution in [2.24, 2.45) is 0 Å². The summed E-state index contributed by atoms with van der Waals surface area (Å²) >= 11 is 0. The standard InChI is InChI=1S/C20H24F3N3O3/c21-20(22,23)14-3-1-2-13(10-14)19(29)24-11-18(28)25-15-8-9-26(12-15)16-4-6-17(27)7-5-16/h1-3,10,15-16H,4-9,11-12H2,(H,24,29)(H,25,28)/t15-/m1/s1. The van der Waals surface area contributed by atoms with Gasteiger partial charge in [-0.25, -0.2) is 0 Å². The summed E-state index contributed by atoms with van der Waals surface area (Å²) in [5.41, 5.74) is -1.06. The molecule has 0 radical (unpaired) electrons. The van der Waals surface area contributed by atoms with Crippen LogP contribution in [0.5, 0.6) is 0 Å². The van der Waals surface area contributed by atoms with Crippen molar-refractivity contribution in [3.05, 3.63) is 35.4 Å². The van der Waals surface area contributed by atoms with E-state index >= 15 is 0 Å². The highest BCUT2D eigenvalue weighted by atomic mass is 19.4. The normalized spacial score (nSPS) is 21.2. The second-order valence-corrected chi connectivity index (χ2v) is 7.58. The molecular formula is C20H24F3N3O3. The lowest BCUT2D eigenvalue weighted by atomic mass is 9.93. The third kappa shape index (κ3) is 5.79. The first-order valence-corrected chi connectivity index (χ1v) is 9.73. The van der Waals surface area contributed by atoms with Gasteiger partial charge in [-0.2, -0.15) is 13.2 Å². The Hall–Kier alpha value is -2.42. The van der Waals surface area contributed by atoms with Gasteiger partial charge in [0.25, 0.3) is 5.91 Å². The van der Waals surface area contributed by atoms with Crippen molar-refractivity contribution in [3.8, 4) is 0 Å². The molecule has 1 aromatic rings. The molecule has 0 unspecified atom stereocenters.